The maximum absolute atomic E-state index is 14.4. The van der Waals surface area contributed by atoms with E-state index in [1.54, 1.807) is 85.7 Å². The van der Waals surface area contributed by atoms with Gasteiger partial charge >= 0.3 is 5.97 Å². The number of nitrogens with one attached hydrogen (secondary N) is 12. The number of carboxylic acid groups (broad SMARTS) is 1. The van der Waals surface area contributed by atoms with E-state index in [4.69, 9.17) is 17.2 Å². The van der Waals surface area contributed by atoms with Crippen molar-refractivity contribution in [3.8, 4) is 5.75 Å². The summed E-state index contributed by atoms with van der Waals surface area (Å²) in [4.78, 5) is 201. The van der Waals surface area contributed by atoms with Crippen LogP contribution in [0.5, 0.6) is 5.75 Å². The fourth-order valence-electron chi connectivity index (χ4n) is 10.00. The second kappa shape index (κ2) is 42.8. The lowest BCUT2D eigenvalue weighted by molar-refractivity contribution is -0.141. The van der Waals surface area contributed by atoms with E-state index in [0.717, 1.165) is 6.92 Å². The van der Waals surface area contributed by atoms with E-state index in [0.29, 0.717) is 30.4 Å². The lowest BCUT2D eigenvalue weighted by atomic mass is 9.96. The average molecular weight is 1390 g/mol. The predicted molar refractivity (Wildman–Crippen MR) is 361 cm³/mol. The molecule has 0 aromatic heterocycles. The molecule has 0 unspecified atom stereocenters. The lowest BCUT2D eigenvalue weighted by Crippen LogP contribution is -2.63. The van der Waals surface area contributed by atoms with Gasteiger partial charge in [-0.2, -0.15) is 0 Å². The van der Waals surface area contributed by atoms with Gasteiger partial charge in [-0.05, 0) is 99.4 Å². The van der Waals surface area contributed by atoms with Crippen molar-refractivity contribution in [1.82, 2.24) is 63.8 Å². The number of aliphatic carboxylic acids is 1. The van der Waals surface area contributed by atoms with Gasteiger partial charge in [-0.3, -0.25) is 71.9 Å². The Bertz CT molecular complexity index is 3080. The monoisotopic (exact) mass is 1390 g/mol. The number of aliphatic hydroxyl groups is 1. The first kappa shape index (κ1) is 85.3. The zero-order chi connectivity index (χ0) is 75.0. The molecule has 2 rings (SSSR count). The molecule has 0 fully saturated rings. The summed E-state index contributed by atoms with van der Waals surface area (Å²) in [7, 11) is 0. The Labute approximate surface area is 576 Å². The van der Waals surface area contributed by atoms with Crippen molar-refractivity contribution in [1.29, 1.82) is 0 Å². The Morgan fingerprint density at radius 2 is 0.899 bits per heavy atom. The third-order valence-electron chi connectivity index (χ3n) is 15.6. The van der Waals surface area contributed by atoms with Crippen LogP contribution in [0.2, 0.25) is 0 Å². The van der Waals surface area contributed by atoms with Crippen LogP contribution >= 0.6 is 0 Å². The van der Waals surface area contributed by atoms with Crippen LogP contribution in [0.3, 0.4) is 0 Å². The number of rotatable bonds is 44. The molecule has 33 nitrogen and oxygen atoms in total. The Balaban J connectivity index is 2.44. The molecule has 0 aliphatic heterocycles. The maximum Gasteiger partial charge on any atom is 0.305 e. The Kier molecular flexibility index (Phi) is 36.9. The summed E-state index contributed by atoms with van der Waals surface area (Å²) in [5.41, 5.74) is 17.2. The number of hydrogen-bond acceptors (Lipinski definition) is 18. The van der Waals surface area contributed by atoms with Crippen molar-refractivity contribution in [2.45, 2.75) is 213 Å². The fraction of sp³-hybridized carbons (Fsp3) is 0.591. The van der Waals surface area contributed by atoms with E-state index in [2.05, 4.69) is 63.8 Å². The van der Waals surface area contributed by atoms with Crippen LogP contribution in [-0.2, 0) is 84.8 Å². The number of carbonyl (C=O) groups excluding carboxylic acids is 14. The van der Waals surface area contributed by atoms with Crippen LogP contribution in [0, 0.1) is 23.7 Å². The van der Waals surface area contributed by atoms with E-state index in [9.17, 15) is 87.2 Å². The van der Waals surface area contributed by atoms with Gasteiger partial charge in [0.25, 0.3) is 0 Å². The highest BCUT2D eigenvalue weighted by Crippen LogP contribution is 2.16. The predicted octanol–water partition coefficient (Wildman–Crippen LogP) is -3.19. The molecule has 0 spiro atoms. The van der Waals surface area contributed by atoms with Crippen molar-refractivity contribution >= 4 is 88.7 Å². The third kappa shape index (κ3) is 31.5. The zero-order valence-electron chi connectivity index (χ0n) is 58.1. The first-order chi connectivity index (χ1) is 46.4. The topological polar surface area (TPSA) is 539 Å². The molecular formula is C66H103N15O18. The normalized spacial score (nSPS) is 15.1. The minimum Gasteiger partial charge on any atom is -0.508 e. The van der Waals surface area contributed by atoms with Gasteiger partial charge in [0.1, 0.15) is 72.2 Å². The van der Waals surface area contributed by atoms with Gasteiger partial charge in [-0.25, -0.2) is 0 Å². The number of phenols is 1. The number of unbranched alkanes of at least 4 members (excludes halogenated alkanes) is 1. The van der Waals surface area contributed by atoms with Crippen molar-refractivity contribution < 1.29 is 87.2 Å². The number of benzene rings is 2. The molecule has 2 aromatic carbocycles. The molecule has 21 N–H and O–H groups in total. The van der Waals surface area contributed by atoms with E-state index in [1.165, 1.54) is 38.1 Å². The highest BCUT2D eigenvalue weighted by Gasteiger charge is 2.39. The highest BCUT2D eigenvalue weighted by atomic mass is 16.4. The SMILES string of the molecule is CC[C@H](C)[C@H](NC(=O)[C@H](CC(N)=O)NC(C)=O)C(=O)N[C@@H](Cc1ccccc1)C(=O)N[C@H](C(=O)N[C@H](C(=O)N[C@@H](Cc1ccc(O)cc1)C(=O)NCC(=O)N[C@@H](CC(C)C)C(=O)N[C@@H](CC(C)C)C(=O)N[C@@H](CC(=O)O)C(=O)N[C@@H](CCCCN)C(=O)N[C@@H](C)C(N)=O)C(C)C)[C@@H](C)O. The smallest absolute Gasteiger partial charge is 0.305 e. The molecule has 0 saturated carbocycles. The van der Waals surface area contributed by atoms with E-state index in [1.807, 2.05) is 0 Å². The molecule has 0 aliphatic carbocycles. The fourth-order valence-corrected chi connectivity index (χ4v) is 10.00. The van der Waals surface area contributed by atoms with Crippen molar-refractivity contribution in [3.05, 3.63) is 65.7 Å². The van der Waals surface area contributed by atoms with Gasteiger partial charge in [-0.1, -0.05) is 104 Å². The van der Waals surface area contributed by atoms with Crippen LogP contribution in [0.4, 0.5) is 0 Å². The second-order valence-corrected chi connectivity index (χ2v) is 25.7. The van der Waals surface area contributed by atoms with Gasteiger partial charge in [0.2, 0.25) is 82.7 Å². The molecule has 14 amide bonds. The van der Waals surface area contributed by atoms with E-state index < -0.39 is 192 Å². The maximum atomic E-state index is 14.4. The standard InChI is InChI=1S/C66H103N15O18/c1-12-36(8)54(80-63(96)48(30-50(68)85)72-39(11)83)65(98)78-47(28-40-18-14-13-15-19-40)62(95)81-55(38(10)82)66(99)79-53(35(6)7)64(97)77-46(29-41-21-23-42(84)24-22-41)57(90)70-32-51(86)73-44(26-33(2)3)59(92)75-45(27-34(4)5)60(93)76-49(31-52(87)88)61(94)74-43(20-16-17-25-67)58(91)71-37(9)56(69)89/h13-15,18-19,21-24,33-38,43-49,53-55,82,84H,12,16-17,20,25-32,67H2,1-11H3,(H2,68,85)(H2,69,89)(H,70,90)(H,71,91)(H,72,83)(H,73,86)(H,74,94)(H,75,92)(H,76,93)(H,77,97)(H,78,98)(H,79,99)(H,80,96)(H,81,95)(H,87,88)/t36-,37-,38+,43-,44-,45-,46-,47-,48-,49-,53-,54-,55-/m0/s1. The summed E-state index contributed by atoms with van der Waals surface area (Å²) in [6.45, 7) is 16.4. The Morgan fingerprint density at radius 1 is 0.465 bits per heavy atom. The largest absolute Gasteiger partial charge is 0.508 e. The molecule has 0 bridgehead atoms. The van der Waals surface area contributed by atoms with Crippen molar-refractivity contribution in [3.63, 3.8) is 0 Å². The van der Waals surface area contributed by atoms with Crippen molar-refractivity contribution in [2.75, 3.05) is 13.1 Å². The number of carbonyl (C=O) groups is 15. The van der Waals surface area contributed by atoms with Gasteiger partial charge < -0.3 is 96.3 Å². The van der Waals surface area contributed by atoms with E-state index in [-0.39, 0.29) is 56.2 Å². The van der Waals surface area contributed by atoms with Crippen LogP contribution < -0.4 is 81.0 Å². The van der Waals surface area contributed by atoms with Crippen LogP contribution in [0.1, 0.15) is 139 Å². The number of aromatic hydroxyl groups is 1. The summed E-state index contributed by atoms with van der Waals surface area (Å²) >= 11 is 0. The summed E-state index contributed by atoms with van der Waals surface area (Å²) in [5, 5.41) is 60.8. The molecule has 0 saturated heterocycles. The Morgan fingerprint density at radius 3 is 1.39 bits per heavy atom. The zero-order valence-corrected chi connectivity index (χ0v) is 58.1. The molecule has 99 heavy (non-hydrogen) atoms. The van der Waals surface area contributed by atoms with E-state index >= 15 is 0 Å². The molecule has 0 aliphatic rings. The van der Waals surface area contributed by atoms with Crippen molar-refractivity contribution in [2.24, 2.45) is 40.9 Å². The van der Waals surface area contributed by atoms with Crippen LogP contribution in [-0.4, -0.2) is 190 Å². The minimum atomic E-state index is -1.80. The van der Waals surface area contributed by atoms with Gasteiger partial charge in [0.05, 0.1) is 25.5 Å². The number of phenolic OH excluding ortho intramolecular Hbond substituents is 1. The first-order valence-electron chi connectivity index (χ1n) is 32.9. The quantitative estimate of drug-likeness (QED) is 0.0291. The van der Waals surface area contributed by atoms with Gasteiger partial charge in [0, 0.05) is 19.8 Å². The Hall–Kier alpha value is -9.79. The highest BCUT2D eigenvalue weighted by molar-refractivity contribution is 6.00. The molecule has 33 heteroatoms. The van der Waals surface area contributed by atoms with Gasteiger partial charge in [0.15, 0.2) is 0 Å². The number of primary amides is 2. The summed E-state index contributed by atoms with van der Waals surface area (Å²) in [6.07, 6.45) is -2.65. The van der Waals surface area contributed by atoms with Gasteiger partial charge in [-0.15, -0.1) is 0 Å². The number of nitrogens with two attached hydrogens (primary N) is 3. The summed E-state index contributed by atoms with van der Waals surface area (Å²) in [6, 6.07) is -2.23. The van der Waals surface area contributed by atoms with Crippen LogP contribution in [0.25, 0.3) is 0 Å². The molecule has 13 atom stereocenters. The lowest BCUT2D eigenvalue weighted by Gasteiger charge is -2.30. The molecule has 0 radical (unpaired) electrons. The number of hydrogen-bond donors (Lipinski definition) is 18. The molecule has 0 heterocycles. The summed E-state index contributed by atoms with van der Waals surface area (Å²) < 4.78 is 0. The minimum absolute atomic E-state index is 0.0106. The number of amides is 14. The summed E-state index contributed by atoms with van der Waals surface area (Å²) in [5.74, 6) is -16.5. The average Bonchev–Trinajstić information content (AvgIpc) is 0.856. The number of carboxylic acids is 1. The number of aliphatic hydroxyl groups excluding tert-OH is 1. The van der Waals surface area contributed by atoms with Crippen LogP contribution in [0.15, 0.2) is 54.6 Å². The molecule has 550 valence electrons. The molecule has 2 aromatic rings. The third-order valence-corrected chi connectivity index (χ3v) is 15.6. The first-order valence-corrected chi connectivity index (χ1v) is 32.9. The molecular weight excluding hydrogens is 1290 g/mol. The second-order valence-electron chi connectivity index (χ2n) is 25.7.